The van der Waals surface area contributed by atoms with E-state index in [1.54, 1.807) is 0 Å². The normalized spacial score (nSPS) is 10.3. The Labute approximate surface area is 178 Å². The highest BCUT2D eigenvalue weighted by atomic mass is 14.0. The molecule has 0 atom stereocenters. The highest BCUT2D eigenvalue weighted by Crippen LogP contribution is 2.10. The molecule has 0 aliphatic carbocycles. The van der Waals surface area contributed by atoms with Gasteiger partial charge in [0.1, 0.15) is 0 Å². The third kappa shape index (κ3) is 9.87. The zero-order chi connectivity index (χ0) is 20.6. The molecule has 0 aliphatic heterocycles. The third-order valence-electron chi connectivity index (χ3n) is 4.98. The van der Waals surface area contributed by atoms with Crippen molar-refractivity contribution >= 4 is 0 Å². The van der Waals surface area contributed by atoms with E-state index < -0.39 is 0 Å². The maximum Gasteiger partial charge on any atom is 0.0249 e. The molecule has 0 bridgehead atoms. The van der Waals surface area contributed by atoms with Gasteiger partial charge in [-0.05, 0) is 73.2 Å². The zero-order valence-electron chi connectivity index (χ0n) is 18.1. The number of unbranched alkanes of at least 4 members (excludes halogenated alkanes) is 5. The van der Waals surface area contributed by atoms with Crippen LogP contribution in [-0.2, 0) is 12.8 Å². The minimum absolute atomic E-state index is 1.05. The lowest BCUT2D eigenvalue weighted by Gasteiger charge is -2.01. The molecule has 0 aliphatic rings. The third-order valence-corrected chi connectivity index (χ3v) is 4.98. The van der Waals surface area contributed by atoms with Crippen LogP contribution in [0.5, 0.6) is 0 Å². The van der Waals surface area contributed by atoms with Crippen molar-refractivity contribution < 1.29 is 0 Å². The van der Waals surface area contributed by atoms with Gasteiger partial charge in [-0.3, -0.25) is 0 Å². The van der Waals surface area contributed by atoms with Crippen molar-refractivity contribution in [2.75, 3.05) is 0 Å². The molecule has 0 N–H and O–H groups in total. The summed E-state index contributed by atoms with van der Waals surface area (Å²) in [5.74, 6) is 12.5. The molecule has 0 heterocycles. The van der Waals surface area contributed by atoms with Crippen LogP contribution < -0.4 is 0 Å². The number of aryl methyl sites for hydroxylation is 2. The van der Waals surface area contributed by atoms with Crippen molar-refractivity contribution in [1.29, 1.82) is 0 Å². The average Bonchev–Trinajstić information content (AvgIpc) is 2.76. The number of hydrogen-bond donors (Lipinski definition) is 0. The van der Waals surface area contributed by atoms with Crippen molar-refractivity contribution in [3.8, 4) is 23.7 Å². The van der Waals surface area contributed by atoms with Crippen LogP contribution >= 0.6 is 0 Å². The van der Waals surface area contributed by atoms with E-state index in [1.165, 1.54) is 62.5 Å². The van der Waals surface area contributed by atoms with Gasteiger partial charge in [0.25, 0.3) is 0 Å². The second-order valence-electron chi connectivity index (χ2n) is 7.53. The maximum absolute atomic E-state index is 3.17. The molecule has 2 rings (SSSR count). The van der Waals surface area contributed by atoms with Crippen LogP contribution in [0.1, 0.15) is 81.0 Å². The van der Waals surface area contributed by atoms with E-state index >= 15 is 0 Å². The van der Waals surface area contributed by atoms with Gasteiger partial charge < -0.3 is 0 Å². The van der Waals surface area contributed by atoms with Crippen molar-refractivity contribution in [1.82, 2.24) is 0 Å². The average molecular weight is 383 g/mol. The molecule has 29 heavy (non-hydrogen) atoms. The van der Waals surface area contributed by atoms with Gasteiger partial charge in [0.05, 0.1) is 0 Å². The summed E-state index contributed by atoms with van der Waals surface area (Å²) in [6.45, 7) is 4.49. The standard InChI is InChI=1S/C29H34/c1-3-5-7-11-15-27-22-24-29(25-23-27)17-13-9-8-12-16-28-20-18-26(19-21-28)14-10-6-4-2/h8-9,18-25H,3-7,10-11,14-15H2,1-2H3/b9-8+. The summed E-state index contributed by atoms with van der Waals surface area (Å²) in [5, 5.41) is 0. The van der Waals surface area contributed by atoms with E-state index in [2.05, 4.69) is 86.1 Å². The van der Waals surface area contributed by atoms with E-state index in [0.717, 1.165) is 17.5 Å². The second kappa shape index (κ2) is 14.3. The highest BCUT2D eigenvalue weighted by molar-refractivity contribution is 5.42. The smallest absolute Gasteiger partial charge is 0.0249 e. The molecule has 2 aromatic rings. The van der Waals surface area contributed by atoms with Crippen LogP contribution in [-0.4, -0.2) is 0 Å². The van der Waals surface area contributed by atoms with Gasteiger partial charge in [-0.2, -0.15) is 0 Å². The first-order valence-corrected chi connectivity index (χ1v) is 11.2. The first-order chi connectivity index (χ1) is 14.3. The molecule has 0 saturated heterocycles. The van der Waals surface area contributed by atoms with Gasteiger partial charge in [0.2, 0.25) is 0 Å². The van der Waals surface area contributed by atoms with Gasteiger partial charge >= 0.3 is 0 Å². The fourth-order valence-corrected chi connectivity index (χ4v) is 3.18. The molecule has 0 saturated carbocycles. The Bertz CT molecular complexity index is 843. The fraction of sp³-hybridized carbons (Fsp3) is 0.379. The largest absolute Gasteiger partial charge is 0.0689 e. The van der Waals surface area contributed by atoms with E-state index in [0.29, 0.717) is 0 Å². The van der Waals surface area contributed by atoms with Gasteiger partial charge in [0.15, 0.2) is 0 Å². The predicted molar refractivity (Wildman–Crippen MR) is 127 cm³/mol. The Hall–Kier alpha value is -2.70. The first kappa shape index (κ1) is 22.6. The topological polar surface area (TPSA) is 0 Å². The van der Waals surface area contributed by atoms with Gasteiger partial charge in [-0.25, -0.2) is 0 Å². The van der Waals surface area contributed by atoms with Crippen LogP contribution in [0.3, 0.4) is 0 Å². The molecule has 150 valence electrons. The van der Waals surface area contributed by atoms with Crippen molar-refractivity contribution in [2.45, 2.75) is 71.6 Å². The Morgan fingerprint density at radius 1 is 0.552 bits per heavy atom. The number of rotatable bonds is 9. The summed E-state index contributed by atoms with van der Waals surface area (Å²) in [7, 11) is 0. The summed E-state index contributed by atoms with van der Waals surface area (Å²) < 4.78 is 0. The summed E-state index contributed by atoms with van der Waals surface area (Å²) in [5.41, 5.74) is 4.91. The number of benzene rings is 2. The predicted octanol–water partition coefficient (Wildman–Crippen LogP) is 7.50. The molecular formula is C29H34. The summed E-state index contributed by atoms with van der Waals surface area (Å²) in [6, 6.07) is 17.2. The SMILES string of the molecule is CCCCCCc1ccc(C#C/C=C/C#Cc2ccc(CCCCC)cc2)cc1. The maximum atomic E-state index is 3.17. The van der Waals surface area contributed by atoms with Crippen LogP contribution in [0.25, 0.3) is 0 Å². The minimum atomic E-state index is 1.05. The lowest BCUT2D eigenvalue weighted by molar-refractivity contribution is 0.667. The molecular weight excluding hydrogens is 348 g/mol. The molecule has 0 nitrogen and oxygen atoms in total. The minimum Gasteiger partial charge on any atom is -0.0689 e. The van der Waals surface area contributed by atoms with E-state index in [-0.39, 0.29) is 0 Å². The number of allylic oxidation sites excluding steroid dienone is 2. The summed E-state index contributed by atoms with van der Waals surface area (Å²) in [6.07, 6.45) is 15.1. The summed E-state index contributed by atoms with van der Waals surface area (Å²) in [4.78, 5) is 0. The van der Waals surface area contributed by atoms with Crippen molar-refractivity contribution in [3.63, 3.8) is 0 Å². The summed E-state index contributed by atoms with van der Waals surface area (Å²) >= 11 is 0. The highest BCUT2D eigenvalue weighted by Gasteiger charge is 1.94. The van der Waals surface area contributed by atoms with Gasteiger partial charge in [0, 0.05) is 11.1 Å². The van der Waals surface area contributed by atoms with E-state index in [1.807, 2.05) is 12.2 Å². The molecule has 0 amide bonds. The fourth-order valence-electron chi connectivity index (χ4n) is 3.18. The van der Waals surface area contributed by atoms with Crippen molar-refractivity contribution in [3.05, 3.63) is 82.9 Å². The lowest BCUT2D eigenvalue weighted by Crippen LogP contribution is -1.86. The molecule has 0 aromatic heterocycles. The molecule has 0 heteroatoms. The number of hydrogen-bond acceptors (Lipinski definition) is 0. The monoisotopic (exact) mass is 382 g/mol. The molecule has 0 radical (unpaired) electrons. The first-order valence-electron chi connectivity index (χ1n) is 11.2. The Kier molecular flexibility index (Phi) is 11.2. The molecule has 2 aromatic carbocycles. The lowest BCUT2D eigenvalue weighted by atomic mass is 10.0. The Morgan fingerprint density at radius 2 is 0.966 bits per heavy atom. The second-order valence-corrected chi connectivity index (χ2v) is 7.53. The quantitative estimate of drug-likeness (QED) is 0.311. The van der Waals surface area contributed by atoms with Gasteiger partial charge in [-0.15, -0.1) is 0 Å². The van der Waals surface area contributed by atoms with E-state index in [9.17, 15) is 0 Å². The zero-order valence-corrected chi connectivity index (χ0v) is 18.1. The Balaban J connectivity index is 1.77. The van der Waals surface area contributed by atoms with Crippen LogP contribution in [0.2, 0.25) is 0 Å². The van der Waals surface area contributed by atoms with Crippen LogP contribution in [0, 0.1) is 23.7 Å². The van der Waals surface area contributed by atoms with Crippen LogP contribution in [0.4, 0.5) is 0 Å². The van der Waals surface area contributed by atoms with Gasteiger partial charge in [-0.1, -0.05) is 93.9 Å². The molecule has 0 fully saturated rings. The molecule has 0 spiro atoms. The molecule has 0 unspecified atom stereocenters. The van der Waals surface area contributed by atoms with Crippen LogP contribution in [0.15, 0.2) is 60.7 Å². The van der Waals surface area contributed by atoms with E-state index in [4.69, 9.17) is 0 Å². The van der Waals surface area contributed by atoms with Crippen molar-refractivity contribution in [2.24, 2.45) is 0 Å². The Morgan fingerprint density at radius 3 is 1.41 bits per heavy atom.